The Morgan fingerprint density at radius 1 is 1.25 bits per heavy atom. The number of aromatic amines is 1. The van der Waals surface area contributed by atoms with Crippen LogP contribution >= 0.6 is 0 Å². The third kappa shape index (κ3) is 4.69. The van der Waals surface area contributed by atoms with Crippen molar-refractivity contribution in [1.29, 1.82) is 0 Å². The number of carboxylic acids is 2. The Labute approximate surface area is 162 Å². The second kappa shape index (κ2) is 8.88. The van der Waals surface area contributed by atoms with Crippen LogP contribution in [-0.4, -0.2) is 63.1 Å². The van der Waals surface area contributed by atoms with E-state index in [1.165, 1.54) is 4.90 Å². The van der Waals surface area contributed by atoms with Crippen LogP contribution in [0, 0.1) is 0 Å². The van der Waals surface area contributed by atoms with E-state index in [-0.39, 0.29) is 12.5 Å². The number of benzene rings is 1. The minimum Gasteiger partial charge on any atom is -0.480 e. The van der Waals surface area contributed by atoms with Crippen molar-refractivity contribution < 1.29 is 24.6 Å². The summed E-state index contributed by atoms with van der Waals surface area (Å²) in [5.41, 5.74) is 2.03. The monoisotopic (exact) mass is 387 g/mol. The molecule has 1 saturated heterocycles. The number of carbonyl (C=O) groups excluding carboxylic acids is 1. The van der Waals surface area contributed by atoms with Crippen molar-refractivity contribution in [3.8, 4) is 0 Å². The zero-order chi connectivity index (χ0) is 20.1. The zero-order valence-electron chi connectivity index (χ0n) is 15.6. The molecule has 2 atom stereocenters. The molecule has 0 spiro atoms. The number of hydrogen-bond acceptors (Lipinski definition) is 4. The van der Waals surface area contributed by atoms with Gasteiger partial charge in [-0.2, -0.15) is 0 Å². The highest BCUT2D eigenvalue weighted by Gasteiger charge is 2.31. The molecular formula is C20H25N3O5. The summed E-state index contributed by atoms with van der Waals surface area (Å²) < 4.78 is 0. The van der Waals surface area contributed by atoms with Crippen LogP contribution in [0.4, 0.5) is 0 Å². The minimum absolute atomic E-state index is 0.333. The van der Waals surface area contributed by atoms with E-state index >= 15 is 0 Å². The van der Waals surface area contributed by atoms with E-state index in [1.807, 2.05) is 30.5 Å². The van der Waals surface area contributed by atoms with E-state index in [0.29, 0.717) is 32.2 Å². The molecule has 2 aromatic rings. The Kier molecular flexibility index (Phi) is 6.30. The predicted octanol–water partition coefficient (Wildman–Crippen LogP) is 1.61. The molecule has 1 aliphatic heterocycles. The Morgan fingerprint density at radius 3 is 2.79 bits per heavy atom. The zero-order valence-corrected chi connectivity index (χ0v) is 15.6. The largest absolute Gasteiger partial charge is 0.480 e. The van der Waals surface area contributed by atoms with E-state index < -0.39 is 24.0 Å². The van der Waals surface area contributed by atoms with Crippen molar-refractivity contribution in [2.45, 2.75) is 44.2 Å². The molecule has 8 heteroatoms. The summed E-state index contributed by atoms with van der Waals surface area (Å²) >= 11 is 0. The molecular weight excluding hydrogens is 362 g/mol. The fraction of sp³-hybridized carbons (Fsp3) is 0.450. The Bertz CT molecular complexity index is 862. The molecule has 3 rings (SSSR count). The first-order valence-electron chi connectivity index (χ1n) is 9.50. The van der Waals surface area contributed by atoms with E-state index in [0.717, 1.165) is 22.9 Å². The molecule has 1 fully saturated rings. The van der Waals surface area contributed by atoms with Crippen molar-refractivity contribution >= 4 is 28.7 Å². The number of amides is 1. The highest BCUT2D eigenvalue weighted by atomic mass is 16.4. The van der Waals surface area contributed by atoms with Gasteiger partial charge in [-0.1, -0.05) is 18.2 Å². The quantitative estimate of drug-likeness (QED) is 0.546. The summed E-state index contributed by atoms with van der Waals surface area (Å²) in [6.45, 7) is 0.0283. The molecule has 1 amide bonds. The SMILES string of the molecule is O=C(O)CN1CCCCC(N[C@@H](CCc2c[nH]c3ccccc23)C(=O)O)C1=O. The maximum absolute atomic E-state index is 12.6. The van der Waals surface area contributed by atoms with Crippen LogP contribution in [0.3, 0.4) is 0 Å². The number of aliphatic carboxylic acids is 2. The van der Waals surface area contributed by atoms with Gasteiger partial charge in [0.1, 0.15) is 12.6 Å². The number of fused-ring (bicyclic) bond motifs is 1. The van der Waals surface area contributed by atoms with Crippen molar-refractivity contribution in [1.82, 2.24) is 15.2 Å². The fourth-order valence-electron chi connectivity index (χ4n) is 3.74. The predicted molar refractivity (Wildman–Crippen MR) is 103 cm³/mol. The van der Waals surface area contributed by atoms with E-state index in [4.69, 9.17) is 5.11 Å². The molecule has 8 nitrogen and oxygen atoms in total. The average molecular weight is 387 g/mol. The lowest BCUT2D eigenvalue weighted by Crippen LogP contribution is -2.52. The van der Waals surface area contributed by atoms with E-state index in [9.17, 15) is 19.5 Å². The second-order valence-corrected chi connectivity index (χ2v) is 7.16. The first-order chi connectivity index (χ1) is 13.5. The molecule has 0 aliphatic carbocycles. The third-order valence-electron chi connectivity index (χ3n) is 5.18. The number of H-pyrrole nitrogens is 1. The van der Waals surface area contributed by atoms with Gasteiger partial charge in [0.05, 0.1) is 6.04 Å². The van der Waals surface area contributed by atoms with Crippen LogP contribution in [0.15, 0.2) is 30.5 Å². The molecule has 4 N–H and O–H groups in total. The average Bonchev–Trinajstić information content (AvgIpc) is 3.00. The summed E-state index contributed by atoms with van der Waals surface area (Å²) in [5.74, 6) is -2.41. The first kappa shape index (κ1) is 19.9. The molecule has 0 saturated carbocycles. The smallest absolute Gasteiger partial charge is 0.323 e. The Balaban J connectivity index is 1.67. The van der Waals surface area contributed by atoms with Gasteiger partial charge in [0, 0.05) is 23.6 Å². The molecule has 1 aromatic carbocycles. The number of carbonyl (C=O) groups is 3. The lowest BCUT2D eigenvalue weighted by Gasteiger charge is -2.26. The van der Waals surface area contributed by atoms with E-state index in [2.05, 4.69) is 10.3 Å². The summed E-state index contributed by atoms with van der Waals surface area (Å²) in [4.78, 5) is 39.9. The van der Waals surface area contributed by atoms with Crippen LogP contribution in [0.5, 0.6) is 0 Å². The molecule has 1 aliphatic rings. The lowest BCUT2D eigenvalue weighted by atomic mass is 10.0. The van der Waals surface area contributed by atoms with Gasteiger partial charge in [0.2, 0.25) is 5.91 Å². The molecule has 28 heavy (non-hydrogen) atoms. The lowest BCUT2D eigenvalue weighted by molar-refractivity contribution is -0.146. The van der Waals surface area contributed by atoms with Gasteiger partial charge >= 0.3 is 11.9 Å². The summed E-state index contributed by atoms with van der Waals surface area (Å²) in [6.07, 6.45) is 4.73. The number of nitrogens with zero attached hydrogens (tertiary/aromatic N) is 1. The second-order valence-electron chi connectivity index (χ2n) is 7.16. The number of carboxylic acid groups (broad SMARTS) is 2. The van der Waals surface area contributed by atoms with Gasteiger partial charge in [-0.15, -0.1) is 0 Å². The summed E-state index contributed by atoms with van der Waals surface area (Å²) in [7, 11) is 0. The molecule has 150 valence electrons. The number of para-hydroxylation sites is 1. The number of likely N-dealkylation sites (tertiary alicyclic amines) is 1. The van der Waals surface area contributed by atoms with E-state index in [1.54, 1.807) is 0 Å². The van der Waals surface area contributed by atoms with Gasteiger partial charge in [-0.3, -0.25) is 19.7 Å². The van der Waals surface area contributed by atoms with Crippen LogP contribution in [0.25, 0.3) is 10.9 Å². The highest BCUT2D eigenvalue weighted by molar-refractivity contribution is 5.86. The number of aryl methyl sites for hydroxylation is 1. The summed E-state index contributed by atoms with van der Waals surface area (Å²) in [6, 6.07) is 6.27. The minimum atomic E-state index is -1.07. The number of hydrogen-bond donors (Lipinski definition) is 4. The highest BCUT2D eigenvalue weighted by Crippen LogP contribution is 2.20. The van der Waals surface area contributed by atoms with Crippen molar-refractivity contribution in [3.63, 3.8) is 0 Å². The Morgan fingerprint density at radius 2 is 2.04 bits per heavy atom. The Hall–Kier alpha value is -2.87. The van der Waals surface area contributed by atoms with Crippen LogP contribution in [0.1, 0.15) is 31.2 Å². The topological polar surface area (TPSA) is 123 Å². The number of aromatic nitrogens is 1. The maximum Gasteiger partial charge on any atom is 0.323 e. The maximum atomic E-state index is 12.6. The molecule has 0 radical (unpaired) electrons. The summed E-state index contributed by atoms with van der Waals surface area (Å²) in [5, 5.41) is 22.6. The van der Waals surface area contributed by atoms with Gasteiger partial charge in [0.25, 0.3) is 0 Å². The van der Waals surface area contributed by atoms with Crippen LogP contribution < -0.4 is 5.32 Å². The van der Waals surface area contributed by atoms with Crippen molar-refractivity contribution in [2.75, 3.05) is 13.1 Å². The molecule has 2 heterocycles. The number of rotatable bonds is 8. The third-order valence-corrected chi connectivity index (χ3v) is 5.18. The molecule has 1 aromatic heterocycles. The normalized spacial score (nSPS) is 18.8. The van der Waals surface area contributed by atoms with Crippen molar-refractivity contribution in [2.24, 2.45) is 0 Å². The molecule has 0 bridgehead atoms. The number of nitrogens with one attached hydrogen (secondary N) is 2. The van der Waals surface area contributed by atoms with Crippen LogP contribution in [-0.2, 0) is 20.8 Å². The van der Waals surface area contributed by atoms with Crippen LogP contribution in [0.2, 0.25) is 0 Å². The first-order valence-corrected chi connectivity index (χ1v) is 9.50. The van der Waals surface area contributed by atoms with Gasteiger partial charge in [0.15, 0.2) is 0 Å². The standard InChI is InChI=1S/C20H25N3O5/c24-18(25)12-23-10-4-3-7-16(19(23)26)22-17(20(27)28)9-8-13-11-21-15-6-2-1-5-14(13)15/h1-2,5-6,11,16-17,21-22H,3-4,7-10,12H2,(H,24,25)(H,27,28)/t16?,17-/m0/s1. The van der Waals surface area contributed by atoms with Gasteiger partial charge < -0.3 is 20.1 Å². The fourth-order valence-corrected chi connectivity index (χ4v) is 3.74. The van der Waals surface area contributed by atoms with Gasteiger partial charge in [-0.05, 0) is 43.7 Å². The van der Waals surface area contributed by atoms with Gasteiger partial charge in [-0.25, -0.2) is 0 Å². The molecule has 1 unspecified atom stereocenters. The van der Waals surface area contributed by atoms with Crippen molar-refractivity contribution in [3.05, 3.63) is 36.0 Å².